The number of carbonyl (C=O) groups excluding carboxylic acids is 3. The molecule has 1 saturated carbocycles. The summed E-state index contributed by atoms with van der Waals surface area (Å²) in [4.78, 5) is 36.4. The lowest BCUT2D eigenvalue weighted by Crippen LogP contribution is -2.58. The van der Waals surface area contributed by atoms with Crippen molar-refractivity contribution in [3.05, 3.63) is 0 Å². The van der Waals surface area contributed by atoms with E-state index >= 15 is 0 Å². The van der Waals surface area contributed by atoms with Gasteiger partial charge in [-0.1, -0.05) is 19.3 Å². The number of carbonyl (C=O) groups is 3. The van der Waals surface area contributed by atoms with Crippen molar-refractivity contribution in [2.45, 2.75) is 64.1 Å². The molecule has 0 saturated heterocycles. The quantitative estimate of drug-likeness (QED) is 0.359. The highest BCUT2D eigenvalue weighted by Crippen LogP contribution is 2.29. The van der Waals surface area contributed by atoms with Crippen LogP contribution in [-0.2, 0) is 14.4 Å². The zero-order valence-corrected chi connectivity index (χ0v) is 15.2. The molecule has 7 N–H and O–H groups in total. The second-order valence-electron chi connectivity index (χ2n) is 6.87. The number of hydrogen-bond donors (Lipinski definition) is 5. The van der Waals surface area contributed by atoms with Gasteiger partial charge in [0, 0.05) is 13.1 Å². The van der Waals surface area contributed by atoms with Crippen molar-refractivity contribution >= 4 is 17.6 Å². The van der Waals surface area contributed by atoms with Crippen LogP contribution in [0, 0.1) is 11.8 Å². The molecule has 0 spiro atoms. The summed E-state index contributed by atoms with van der Waals surface area (Å²) in [5.74, 6) is -1.43. The van der Waals surface area contributed by atoms with Gasteiger partial charge in [-0.25, -0.2) is 0 Å². The van der Waals surface area contributed by atoms with Crippen molar-refractivity contribution in [3.63, 3.8) is 0 Å². The average Bonchev–Trinajstić information content (AvgIpc) is 2.58. The average molecular weight is 356 g/mol. The Morgan fingerprint density at radius 2 is 1.64 bits per heavy atom. The molecule has 0 aliphatic heterocycles. The number of hydrogen-bond acceptors (Lipinski definition) is 6. The molecule has 0 aromatic heterocycles. The first-order valence-electron chi connectivity index (χ1n) is 9.01. The van der Waals surface area contributed by atoms with Gasteiger partial charge in [0.05, 0.1) is 18.1 Å². The van der Waals surface area contributed by atoms with Gasteiger partial charge in [-0.3, -0.25) is 14.4 Å². The lowest BCUT2D eigenvalue weighted by molar-refractivity contribution is -0.135. The van der Waals surface area contributed by atoms with Crippen LogP contribution in [0.4, 0.5) is 0 Å². The molecule has 1 aliphatic rings. The first kappa shape index (κ1) is 21.5. The predicted octanol–water partition coefficient (Wildman–Crippen LogP) is -0.960. The Morgan fingerprint density at radius 1 is 1.04 bits per heavy atom. The van der Waals surface area contributed by atoms with Gasteiger partial charge in [-0.05, 0) is 32.6 Å². The third-order valence-corrected chi connectivity index (χ3v) is 4.92. The van der Waals surface area contributed by atoms with E-state index in [4.69, 9.17) is 11.5 Å². The smallest absolute Gasteiger partial charge is 0.245 e. The molecule has 0 radical (unpaired) electrons. The fourth-order valence-electron chi connectivity index (χ4n) is 3.30. The van der Waals surface area contributed by atoms with Gasteiger partial charge in [0.2, 0.25) is 11.8 Å². The number of aliphatic hydroxyl groups is 1. The maximum atomic E-state index is 12.6. The van der Waals surface area contributed by atoms with Gasteiger partial charge in [-0.15, -0.1) is 0 Å². The largest absolute Gasteiger partial charge is 0.391 e. The van der Waals surface area contributed by atoms with Gasteiger partial charge < -0.3 is 27.2 Å². The van der Waals surface area contributed by atoms with E-state index in [0.29, 0.717) is 0 Å². The topological polar surface area (TPSA) is 148 Å². The Morgan fingerprint density at radius 3 is 2.08 bits per heavy atom. The summed E-state index contributed by atoms with van der Waals surface area (Å²) < 4.78 is 0. The van der Waals surface area contributed by atoms with Crippen molar-refractivity contribution in [1.82, 2.24) is 10.6 Å². The molecule has 144 valence electrons. The number of amides is 2. The Hall–Kier alpha value is -1.51. The van der Waals surface area contributed by atoms with Crippen molar-refractivity contribution in [3.8, 4) is 0 Å². The highest BCUT2D eigenvalue weighted by molar-refractivity contribution is 5.92. The first-order valence-corrected chi connectivity index (χ1v) is 9.01. The lowest BCUT2D eigenvalue weighted by Gasteiger charge is -2.30. The number of ketones is 1. The van der Waals surface area contributed by atoms with Crippen molar-refractivity contribution in [2.75, 3.05) is 13.1 Å². The van der Waals surface area contributed by atoms with Gasteiger partial charge in [0.1, 0.15) is 6.04 Å². The van der Waals surface area contributed by atoms with Crippen LogP contribution in [0.25, 0.3) is 0 Å². The second-order valence-corrected chi connectivity index (χ2v) is 6.87. The standard InChI is InChI=1S/C17H32N4O4/c1-10(22)14(9-19)20-17(25)15(11(2)23)21-16(24)13(8-18)12-6-4-3-5-7-12/h11-15,23H,3-9,18-19H2,1-2H3,(H,20,25)(H,21,24)/t11-,13?,14-,15-/m0/s1. The first-order chi connectivity index (χ1) is 11.8. The molecular weight excluding hydrogens is 324 g/mol. The zero-order chi connectivity index (χ0) is 19.0. The van der Waals surface area contributed by atoms with Crippen LogP contribution in [0.5, 0.6) is 0 Å². The Labute approximate surface area is 149 Å². The molecule has 4 atom stereocenters. The van der Waals surface area contributed by atoms with Gasteiger partial charge in [-0.2, -0.15) is 0 Å². The second kappa shape index (κ2) is 10.5. The molecule has 2 amide bonds. The number of aliphatic hydroxyl groups excluding tert-OH is 1. The summed E-state index contributed by atoms with van der Waals surface area (Å²) in [5.41, 5.74) is 11.3. The van der Waals surface area contributed by atoms with E-state index in [-0.39, 0.29) is 36.6 Å². The van der Waals surface area contributed by atoms with E-state index in [1.165, 1.54) is 20.3 Å². The molecule has 1 aliphatic carbocycles. The molecule has 8 nitrogen and oxygen atoms in total. The molecule has 8 heteroatoms. The number of nitrogens with one attached hydrogen (secondary N) is 2. The normalized spacial score (nSPS) is 20.2. The molecule has 1 unspecified atom stereocenters. The van der Waals surface area contributed by atoms with Crippen LogP contribution >= 0.6 is 0 Å². The summed E-state index contributed by atoms with van der Waals surface area (Å²) in [6.45, 7) is 2.88. The summed E-state index contributed by atoms with van der Waals surface area (Å²) in [6, 6.07) is -1.99. The lowest BCUT2D eigenvalue weighted by atomic mass is 9.79. The van der Waals surface area contributed by atoms with E-state index in [0.717, 1.165) is 25.7 Å². The maximum absolute atomic E-state index is 12.6. The van der Waals surface area contributed by atoms with Crippen LogP contribution in [-0.4, -0.2) is 54.0 Å². The number of nitrogens with two attached hydrogens (primary N) is 2. The van der Waals surface area contributed by atoms with E-state index in [2.05, 4.69) is 10.6 Å². The Bertz CT molecular complexity index is 464. The van der Waals surface area contributed by atoms with E-state index in [1.54, 1.807) is 0 Å². The molecular formula is C17H32N4O4. The zero-order valence-electron chi connectivity index (χ0n) is 15.2. The van der Waals surface area contributed by atoms with Gasteiger partial charge >= 0.3 is 0 Å². The molecule has 1 fully saturated rings. The minimum absolute atomic E-state index is 0.0466. The minimum atomic E-state index is -1.15. The minimum Gasteiger partial charge on any atom is -0.391 e. The molecule has 0 heterocycles. The fraction of sp³-hybridized carbons (Fsp3) is 0.824. The van der Waals surface area contributed by atoms with E-state index < -0.39 is 24.1 Å². The number of Topliss-reactive ketones (excluding diaryl/α,β-unsaturated/α-hetero) is 1. The summed E-state index contributed by atoms with van der Waals surface area (Å²) in [7, 11) is 0. The summed E-state index contributed by atoms with van der Waals surface area (Å²) >= 11 is 0. The van der Waals surface area contributed by atoms with E-state index in [1.807, 2.05) is 0 Å². The molecule has 1 rings (SSSR count). The van der Waals surface area contributed by atoms with Gasteiger partial charge in [0.15, 0.2) is 5.78 Å². The summed E-state index contributed by atoms with van der Waals surface area (Å²) in [6.07, 6.45) is 4.09. The SMILES string of the molecule is CC(=O)[C@H](CN)NC(=O)[C@@H](NC(=O)C(CN)C1CCCCC1)[C@H](C)O. The van der Waals surface area contributed by atoms with Crippen LogP contribution in [0.15, 0.2) is 0 Å². The highest BCUT2D eigenvalue weighted by Gasteiger charge is 2.33. The van der Waals surface area contributed by atoms with Crippen LogP contribution in [0.3, 0.4) is 0 Å². The monoisotopic (exact) mass is 356 g/mol. The molecule has 25 heavy (non-hydrogen) atoms. The van der Waals surface area contributed by atoms with Crippen molar-refractivity contribution < 1.29 is 19.5 Å². The fourth-order valence-corrected chi connectivity index (χ4v) is 3.30. The van der Waals surface area contributed by atoms with E-state index in [9.17, 15) is 19.5 Å². The van der Waals surface area contributed by atoms with Crippen molar-refractivity contribution in [1.29, 1.82) is 0 Å². The predicted molar refractivity (Wildman–Crippen MR) is 94.4 cm³/mol. The molecule has 0 aromatic rings. The van der Waals surface area contributed by atoms with Crippen LogP contribution in [0.1, 0.15) is 46.0 Å². The Kier molecular flexibility index (Phi) is 9.02. The summed E-state index contributed by atoms with van der Waals surface area (Å²) in [5, 5.41) is 15.0. The Balaban J connectivity index is 2.76. The third kappa shape index (κ3) is 6.37. The van der Waals surface area contributed by atoms with Crippen LogP contribution < -0.4 is 22.1 Å². The van der Waals surface area contributed by atoms with Crippen molar-refractivity contribution in [2.24, 2.45) is 23.3 Å². The maximum Gasteiger partial charge on any atom is 0.245 e. The third-order valence-electron chi connectivity index (χ3n) is 4.92. The van der Waals surface area contributed by atoms with Crippen LogP contribution in [0.2, 0.25) is 0 Å². The highest BCUT2D eigenvalue weighted by atomic mass is 16.3. The number of rotatable bonds is 9. The van der Waals surface area contributed by atoms with Gasteiger partial charge in [0.25, 0.3) is 0 Å². The molecule has 0 bridgehead atoms. The molecule has 0 aromatic carbocycles.